The van der Waals surface area contributed by atoms with Crippen LogP contribution >= 0.6 is 36.2 Å². The Labute approximate surface area is 196 Å². The van der Waals surface area contributed by atoms with Gasteiger partial charge >= 0.3 is 0 Å². The number of hydrogen-bond donors (Lipinski definition) is 1. The Balaban J connectivity index is 0.00000160. The summed E-state index contributed by atoms with van der Waals surface area (Å²) in [4.78, 5) is 22.4. The molecule has 1 unspecified atom stereocenters. The molecule has 0 bridgehead atoms. The maximum atomic E-state index is 13.4. The van der Waals surface area contributed by atoms with Crippen LogP contribution in [0.4, 0.5) is 5.13 Å². The summed E-state index contributed by atoms with van der Waals surface area (Å²) in [6.07, 6.45) is 2.88. The van der Waals surface area contributed by atoms with Gasteiger partial charge in [-0.2, -0.15) is 0 Å². The number of rotatable bonds is 4. The van der Waals surface area contributed by atoms with Crippen LogP contribution < -0.4 is 10.2 Å². The van der Waals surface area contributed by atoms with Gasteiger partial charge in [0, 0.05) is 44.0 Å². The topological polar surface area (TPSA) is 48.5 Å². The van der Waals surface area contributed by atoms with E-state index < -0.39 is 0 Å². The van der Waals surface area contributed by atoms with Gasteiger partial charge in [0.15, 0.2) is 5.13 Å². The standard InChI is InChI=1S/C22H30N4OS.2ClH/c1-3-17-4-6-18(7-5-17)20-14-23-10-13-26(20)21(27)19-8-11-25(12-9-19)22-24-16(2)15-28-22;;/h4-7,15,19-20,23H,3,8-14H2,1-2H3;2*1H. The number of aryl methyl sites for hydroxylation is 2. The highest BCUT2D eigenvalue weighted by Crippen LogP contribution is 2.30. The molecule has 8 heteroatoms. The molecule has 30 heavy (non-hydrogen) atoms. The third-order valence-corrected chi connectivity index (χ3v) is 7.04. The van der Waals surface area contributed by atoms with Gasteiger partial charge < -0.3 is 15.1 Å². The Kier molecular flexibility index (Phi) is 9.41. The fraction of sp³-hybridized carbons (Fsp3) is 0.545. The number of benzene rings is 1. The van der Waals surface area contributed by atoms with Crippen LogP contribution in [-0.2, 0) is 11.2 Å². The second kappa shape index (κ2) is 11.3. The maximum absolute atomic E-state index is 13.4. The molecule has 0 spiro atoms. The summed E-state index contributed by atoms with van der Waals surface area (Å²) in [6.45, 7) is 8.57. The molecule has 3 heterocycles. The lowest BCUT2D eigenvalue weighted by molar-refractivity contribution is -0.139. The molecular formula is C22H32Cl2N4OS. The number of carbonyl (C=O) groups excluding carboxylic acids is 1. The average Bonchev–Trinajstić information content (AvgIpc) is 3.20. The zero-order valence-corrected chi connectivity index (χ0v) is 20.1. The van der Waals surface area contributed by atoms with Crippen LogP contribution in [0.5, 0.6) is 0 Å². The molecule has 2 aromatic rings. The molecule has 2 fully saturated rings. The predicted octanol–water partition coefficient (Wildman–Crippen LogP) is 4.25. The van der Waals surface area contributed by atoms with Crippen LogP contribution in [0, 0.1) is 12.8 Å². The third kappa shape index (κ3) is 5.47. The van der Waals surface area contributed by atoms with E-state index in [2.05, 4.69) is 56.7 Å². The van der Waals surface area contributed by atoms with Gasteiger partial charge in [-0.1, -0.05) is 31.2 Å². The molecule has 4 rings (SSSR count). The molecule has 2 aliphatic heterocycles. The van der Waals surface area contributed by atoms with Crippen LogP contribution in [0.2, 0.25) is 0 Å². The number of nitrogens with one attached hydrogen (secondary N) is 1. The summed E-state index contributed by atoms with van der Waals surface area (Å²) in [5.41, 5.74) is 3.67. The van der Waals surface area contributed by atoms with Crippen molar-refractivity contribution in [1.82, 2.24) is 15.2 Å². The molecule has 1 N–H and O–H groups in total. The van der Waals surface area contributed by atoms with Crippen molar-refractivity contribution in [3.63, 3.8) is 0 Å². The maximum Gasteiger partial charge on any atom is 0.226 e. The third-order valence-electron chi connectivity index (χ3n) is 6.02. The first-order chi connectivity index (χ1) is 13.7. The highest BCUT2D eigenvalue weighted by Gasteiger charge is 2.34. The summed E-state index contributed by atoms with van der Waals surface area (Å²) < 4.78 is 0. The van der Waals surface area contributed by atoms with Gasteiger partial charge in [0.05, 0.1) is 11.7 Å². The minimum absolute atomic E-state index is 0. The van der Waals surface area contributed by atoms with E-state index in [-0.39, 0.29) is 36.8 Å². The highest BCUT2D eigenvalue weighted by molar-refractivity contribution is 7.13. The van der Waals surface area contributed by atoms with Crippen molar-refractivity contribution in [2.75, 3.05) is 37.6 Å². The Morgan fingerprint density at radius 2 is 1.87 bits per heavy atom. The smallest absolute Gasteiger partial charge is 0.226 e. The van der Waals surface area contributed by atoms with Crippen molar-refractivity contribution in [1.29, 1.82) is 0 Å². The molecule has 2 saturated heterocycles. The van der Waals surface area contributed by atoms with E-state index in [1.165, 1.54) is 11.1 Å². The summed E-state index contributed by atoms with van der Waals surface area (Å²) in [7, 11) is 0. The van der Waals surface area contributed by atoms with Crippen molar-refractivity contribution < 1.29 is 4.79 Å². The fourth-order valence-electron chi connectivity index (χ4n) is 4.28. The van der Waals surface area contributed by atoms with Crippen LogP contribution in [0.25, 0.3) is 0 Å². The summed E-state index contributed by atoms with van der Waals surface area (Å²) in [6, 6.07) is 8.93. The molecular weight excluding hydrogens is 439 g/mol. The van der Waals surface area contributed by atoms with Gasteiger partial charge in [-0.05, 0) is 37.3 Å². The summed E-state index contributed by atoms with van der Waals surface area (Å²) in [5.74, 6) is 0.467. The number of piperazine rings is 1. The van der Waals surface area contributed by atoms with Gasteiger partial charge in [0.2, 0.25) is 5.91 Å². The first kappa shape index (κ1) is 24.9. The van der Waals surface area contributed by atoms with Crippen LogP contribution in [0.15, 0.2) is 29.6 Å². The van der Waals surface area contributed by atoms with E-state index in [1.807, 2.05) is 6.92 Å². The number of aromatic nitrogens is 1. The Bertz CT molecular complexity index is 806. The largest absolute Gasteiger partial charge is 0.348 e. The number of piperidine rings is 1. The normalized spacial score (nSPS) is 19.7. The summed E-state index contributed by atoms with van der Waals surface area (Å²) >= 11 is 1.71. The van der Waals surface area contributed by atoms with Crippen molar-refractivity contribution in [3.05, 3.63) is 46.5 Å². The first-order valence-electron chi connectivity index (χ1n) is 10.4. The van der Waals surface area contributed by atoms with Crippen molar-refractivity contribution in [2.24, 2.45) is 5.92 Å². The number of halogens is 2. The zero-order valence-electron chi connectivity index (χ0n) is 17.7. The van der Waals surface area contributed by atoms with Gasteiger partial charge in [0.1, 0.15) is 0 Å². The molecule has 0 saturated carbocycles. The fourth-order valence-corrected chi connectivity index (χ4v) is 5.14. The molecule has 0 radical (unpaired) electrons. The zero-order chi connectivity index (χ0) is 19.5. The number of thiazole rings is 1. The molecule has 2 aliphatic rings. The molecule has 1 atom stereocenters. The Hall–Kier alpha value is -1.34. The van der Waals surface area contributed by atoms with E-state index in [4.69, 9.17) is 0 Å². The molecule has 0 aliphatic carbocycles. The SMILES string of the molecule is CCc1ccc(C2CNCCN2C(=O)C2CCN(c3nc(C)cs3)CC2)cc1.Cl.Cl. The number of anilines is 1. The van der Waals surface area contributed by atoms with E-state index in [9.17, 15) is 4.79 Å². The molecule has 1 aromatic carbocycles. The van der Waals surface area contributed by atoms with Crippen molar-refractivity contribution >= 4 is 47.2 Å². The van der Waals surface area contributed by atoms with E-state index in [0.29, 0.717) is 5.91 Å². The predicted molar refractivity (Wildman–Crippen MR) is 129 cm³/mol. The number of amides is 1. The lowest BCUT2D eigenvalue weighted by Crippen LogP contribution is -2.51. The van der Waals surface area contributed by atoms with Crippen molar-refractivity contribution in [2.45, 2.75) is 39.2 Å². The quantitative estimate of drug-likeness (QED) is 0.725. The van der Waals surface area contributed by atoms with E-state index in [1.54, 1.807) is 11.3 Å². The number of hydrogen-bond acceptors (Lipinski definition) is 5. The number of nitrogens with zero attached hydrogens (tertiary/aromatic N) is 3. The average molecular weight is 471 g/mol. The monoisotopic (exact) mass is 470 g/mol. The molecule has 1 aromatic heterocycles. The van der Waals surface area contributed by atoms with Crippen LogP contribution in [-0.4, -0.2) is 48.5 Å². The first-order valence-corrected chi connectivity index (χ1v) is 11.3. The highest BCUT2D eigenvalue weighted by atomic mass is 35.5. The minimum atomic E-state index is 0. The van der Waals surface area contributed by atoms with Gasteiger partial charge in [-0.3, -0.25) is 4.79 Å². The minimum Gasteiger partial charge on any atom is -0.348 e. The lowest BCUT2D eigenvalue weighted by Gasteiger charge is -2.40. The Morgan fingerprint density at radius 1 is 1.17 bits per heavy atom. The van der Waals surface area contributed by atoms with E-state index in [0.717, 1.165) is 62.8 Å². The van der Waals surface area contributed by atoms with E-state index >= 15 is 0 Å². The lowest BCUT2D eigenvalue weighted by atomic mass is 9.93. The molecule has 166 valence electrons. The molecule has 5 nitrogen and oxygen atoms in total. The van der Waals surface area contributed by atoms with Gasteiger partial charge in [0.25, 0.3) is 0 Å². The Morgan fingerprint density at radius 3 is 2.47 bits per heavy atom. The molecule has 1 amide bonds. The second-order valence-corrected chi connectivity index (χ2v) is 8.72. The van der Waals surface area contributed by atoms with Crippen LogP contribution in [0.1, 0.15) is 42.6 Å². The van der Waals surface area contributed by atoms with Crippen LogP contribution in [0.3, 0.4) is 0 Å². The van der Waals surface area contributed by atoms with Gasteiger partial charge in [-0.25, -0.2) is 4.98 Å². The second-order valence-electron chi connectivity index (χ2n) is 7.88. The van der Waals surface area contributed by atoms with Crippen molar-refractivity contribution in [3.8, 4) is 0 Å². The summed E-state index contributed by atoms with van der Waals surface area (Å²) in [5, 5.41) is 6.67. The van der Waals surface area contributed by atoms with Gasteiger partial charge in [-0.15, -0.1) is 36.2 Å². The number of carbonyl (C=O) groups is 1.